The maximum Gasteiger partial charge on any atom is 0.413 e. The molecular weight excluding hydrogens is 599 g/mol. The lowest BCUT2D eigenvalue weighted by molar-refractivity contribution is 0.199. The van der Waals surface area contributed by atoms with Gasteiger partial charge in [0.25, 0.3) is 0 Å². The number of aryl methyl sites for hydroxylation is 1. The van der Waals surface area contributed by atoms with Crippen LogP contribution in [0.3, 0.4) is 0 Å². The molecule has 246 valence electrons. The minimum Gasteiger partial charge on any atom is -0.497 e. The number of benzene rings is 3. The molecule has 0 aliphatic carbocycles. The van der Waals surface area contributed by atoms with Gasteiger partial charge >= 0.3 is 6.09 Å². The Bertz CT molecular complexity index is 1750. The van der Waals surface area contributed by atoms with Crippen LogP contribution in [0.2, 0.25) is 0 Å². The number of amides is 1. The number of carbonyl (C=O) groups is 1. The Morgan fingerprint density at radius 3 is 2.66 bits per heavy atom. The number of nitrogens with one attached hydrogen (secondary N) is 1. The highest BCUT2D eigenvalue weighted by Gasteiger charge is 2.34. The molecule has 2 atom stereocenters. The van der Waals surface area contributed by atoms with Crippen molar-refractivity contribution in [2.24, 2.45) is 0 Å². The number of piperazine rings is 1. The number of likely N-dealkylation sites (N-methyl/N-ethyl adjacent to an activating group) is 1. The molecule has 1 saturated heterocycles. The third kappa shape index (κ3) is 7.15. The number of carboxylic acid groups (broad SMARTS) is 1. The number of nitrogens with zero attached hydrogens (tertiary/aromatic N) is 5. The van der Waals surface area contributed by atoms with E-state index in [-0.39, 0.29) is 17.6 Å². The van der Waals surface area contributed by atoms with Gasteiger partial charge in [-0.15, -0.1) is 6.58 Å². The van der Waals surface area contributed by atoms with Crippen LogP contribution in [0.4, 0.5) is 32.3 Å². The van der Waals surface area contributed by atoms with E-state index >= 15 is 4.39 Å². The van der Waals surface area contributed by atoms with Gasteiger partial charge in [-0.3, -0.25) is 0 Å². The van der Waals surface area contributed by atoms with E-state index in [2.05, 4.69) is 40.7 Å². The summed E-state index contributed by atoms with van der Waals surface area (Å²) in [5, 5.41) is 13.9. The highest BCUT2D eigenvalue weighted by molar-refractivity contribution is 5.87. The Morgan fingerprint density at radius 1 is 1.17 bits per heavy atom. The molecule has 11 heteroatoms. The second kappa shape index (κ2) is 14.5. The minimum absolute atomic E-state index is 0.112. The lowest BCUT2D eigenvalue weighted by Crippen LogP contribution is -2.50. The third-order valence-corrected chi connectivity index (χ3v) is 8.64. The summed E-state index contributed by atoms with van der Waals surface area (Å²) in [6.07, 6.45) is 2.52. The molecule has 2 heterocycles. The standard InChI is InChI=1S/C36H41FN6O4/c1-7-9-25-11-8-10-23(2)33(25)34(28-21-27(46-5)13-15-31(28)47-6)43(36(44)45)32-16-17-38-35(40-32)39-26-12-14-30(29(37)20-26)42-19-18-41(4)24(3)22-42/h7-8,10-17,20-21,24,34H,1,9,18-19,22H2,2-6H3,(H,44,45)(H,38,39,40). The summed E-state index contributed by atoms with van der Waals surface area (Å²) >= 11 is 0. The number of aromatic nitrogens is 2. The molecule has 4 aromatic rings. The number of rotatable bonds is 11. The summed E-state index contributed by atoms with van der Waals surface area (Å²) in [6.45, 7) is 10.3. The van der Waals surface area contributed by atoms with Crippen LogP contribution in [0.25, 0.3) is 0 Å². The first kappa shape index (κ1) is 33.2. The van der Waals surface area contributed by atoms with Crippen molar-refractivity contribution in [3.63, 3.8) is 0 Å². The second-order valence-corrected chi connectivity index (χ2v) is 11.6. The summed E-state index contributed by atoms with van der Waals surface area (Å²) < 4.78 is 26.7. The van der Waals surface area contributed by atoms with E-state index in [0.29, 0.717) is 40.9 Å². The van der Waals surface area contributed by atoms with Crippen LogP contribution in [0.5, 0.6) is 11.5 Å². The topological polar surface area (TPSA) is 103 Å². The summed E-state index contributed by atoms with van der Waals surface area (Å²) in [6, 6.07) is 17.0. The van der Waals surface area contributed by atoms with Gasteiger partial charge in [0.1, 0.15) is 23.1 Å². The molecule has 2 unspecified atom stereocenters. The fraction of sp³-hybridized carbons (Fsp3) is 0.306. The lowest BCUT2D eigenvalue weighted by atomic mass is 9.88. The van der Waals surface area contributed by atoms with Crippen molar-refractivity contribution >= 4 is 29.2 Å². The van der Waals surface area contributed by atoms with Gasteiger partial charge in [-0.05, 0) is 86.5 Å². The monoisotopic (exact) mass is 640 g/mol. The predicted molar refractivity (Wildman–Crippen MR) is 183 cm³/mol. The molecular formula is C36H41FN6O4. The van der Waals surface area contributed by atoms with Gasteiger partial charge in [-0.1, -0.05) is 24.3 Å². The highest BCUT2D eigenvalue weighted by atomic mass is 19.1. The summed E-state index contributed by atoms with van der Waals surface area (Å²) in [5.74, 6) is 0.876. The number of hydrogen-bond donors (Lipinski definition) is 2. The SMILES string of the molecule is C=CCc1cccc(C)c1C(c1cc(OC)ccc1OC)N(C(=O)O)c1ccnc(Nc2ccc(N3CCN(C)C(C)C3)c(F)c2)n1. The first-order valence-corrected chi connectivity index (χ1v) is 15.4. The van der Waals surface area contributed by atoms with Crippen LogP contribution in [0.1, 0.15) is 35.2 Å². The number of hydrogen-bond acceptors (Lipinski definition) is 8. The normalized spacial score (nSPS) is 15.5. The number of halogens is 1. The average molecular weight is 641 g/mol. The van der Waals surface area contributed by atoms with E-state index < -0.39 is 12.1 Å². The molecule has 0 saturated carbocycles. The fourth-order valence-electron chi connectivity index (χ4n) is 6.06. The number of methoxy groups -OCH3 is 2. The quantitative estimate of drug-likeness (QED) is 0.171. The second-order valence-electron chi connectivity index (χ2n) is 11.6. The van der Waals surface area contributed by atoms with E-state index in [1.165, 1.54) is 30.3 Å². The van der Waals surface area contributed by atoms with Crippen molar-refractivity contribution in [1.29, 1.82) is 0 Å². The molecule has 1 aliphatic heterocycles. The van der Waals surface area contributed by atoms with Crippen LogP contribution in [-0.2, 0) is 6.42 Å². The largest absolute Gasteiger partial charge is 0.497 e. The van der Waals surface area contributed by atoms with E-state index in [1.807, 2.05) is 30.0 Å². The van der Waals surface area contributed by atoms with Crippen molar-refractivity contribution in [2.75, 3.05) is 56.0 Å². The lowest BCUT2D eigenvalue weighted by Gasteiger charge is -2.39. The summed E-state index contributed by atoms with van der Waals surface area (Å²) in [7, 11) is 5.16. The zero-order valence-electron chi connectivity index (χ0n) is 27.4. The van der Waals surface area contributed by atoms with Gasteiger partial charge in [0.15, 0.2) is 0 Å². The Labute approximate surface area is 275 Å². The van der Waals surface area contributed by atoms with Crippen LogP contribution < -0.4 is 24.6 Å². The smallest absolute Gasteiger partial charge is 0.413 e. The Kier molecular flexibility index (Phi) is 10.3. The molecule has 0 radical (unpaired) electrons. The van der Waals surface area contributed by atoms with Crippen molar-refractivity contribution in [2.45, 2.75) is 32.4 Å². The van der Waals surface area contributed by atoms with Gasteiger partial charge in [0.2, 0.25) is 5.95 Å². The van der Waals surface area contributed by atoms with Gasteiger partial charge in [0, 0.05) is 43.1 Å². The average Bonchev–Trinajstić information content (AvgIpc) is 3.05. The maximum atomic E-state index is 15.4. The molecule has 1 aliphatic rings. The zero-order chi connectivity index (χ0) is 33.7. The molecule has 1 fully saturated rings. The number of allylic oxidation sites excluding steroid dienone is 1. The van der Waals surface area contributed by atoms with Crippen LogP contribution >= 0.6 is 0 Å². The predicted octanol–water partition coefficient (Wildman–Crippen LogP) is 6.83. The maximum absolute atomic E-state index is 15.4. The van der Waals surface area contributed by atoms with Crippen molar-refractivity contribution in [3.05, 3.63) is 108 Å². The van der Waals surface area contributed by atoms with Crippen LogP contribution in [0.15, 0.2) is 79.5 Å². The Balaban J connectivity index is 1.56. The van der Waals surface area contributed by atoms with Crippen molar-refractivity contribution < 1.29 is 23.8 Å². The van der Waals surface area contributed by atoms with Gasteiger partial charge in [-0.25, -0.2) is 19.1 Å². The van der Waals surface area contributed by atoms with Gasteiger partial charge < -0.3 is 29.7 Å². The molecule has 0 bridgehead atoms. The molecule has 5 rings (SSSR count). The van der Waals surface area contributed by atoms with Gasteiger partial charge in [-0.2, -0.15) is 4.98 Å². The molecule has 1 amide bonds. The molecule has 3 aromatic carbocycles. The van der Waals surface area contributed by atoms with E-state index in [0.717, 1.165) is 36.3 Å². The summed E-state index contributed by atoms with van der Waals surface area (Å²) in [4.78, 5) is 27.7. The Morgan fingerprint density at radius 2 is 1.98 bits per heavy atom. The van der Waals surface area contributed by atoms with Crippen molar-refractivity contribution in [1.82, 2.24) is 14.9 Å². The zero-order valence-corrected chi connectivity index (χ0v) is 27.4. The Hall–Kier alpha value is -5.16. The van der Waals surface area contributed by atoms with E-state index in [1.54, 1.807) is 43.5 Å². The molecule has 2 N–H and O–H groups in total. The molecule has 47 heavy (non-hydrogen) atoms. The first-order valence-electron chi connectivity index (χ1n) is 15.4. The molecule has 10 nitrogen and oxygen atoms in total. The number of anilines is 4. The van der Waals surface area contributed by atoms with Crippen LogP contribution in [0, 0.1) is 12.7 Å². The molecule has 0 spiro atoms. The fourth-order valence-corrected chi connectivity index (χ4v) is 6.06. The van der Waals surface area contributed by atoms with E-state index in [4.69, 9.17) is 9.47 Å². The minimum atomic E-state index is -1.24. The van der Waals surface area contributed by atoms with Gasteiger partial charge in [0.05, 0.1) is 25.9 Å². The molecule has 1 aromatic heterocycles. The first-order chi connectivity index (χ1) is 22.6. The third-order valence-electron chi connectivity index (χ3n) is 8.64. The van der Waals surface area contributed by atoms with Crippen LogP contribution in [-0.4, -0.2) is 73.0 Å². The summed E-state index contributed by atoms with van der Waals surface area (Å²) in [5.41, 5.74) is 4.08. The van der Waals surface area contributed by atoms with E-state index in [9.17, 15) is 9.90 Å². The number of ether oxygens (including phenoxy) is 2. The highest BCUT2D eigenvalue weighted by Crippen LogP contribution is 2.42. The van der Waals surface area contributed by atoms with Crippen molar-refractivity contribution in [3.8, 4) is 11.5 Å².